The van der Waals surface area contributed by atoms with Crippen LogP contribution in [0.4, 0.5) is 16.0 Å². The van der Waals surface area contributed by atoms with Crippen LogP contribution in [0.25, 0.3) is 11.4 Å². The molecule has 220 valence electrons. The molecule has 2 atom stereocenters. The second-order valence-electron chi connectivity index (χ2n) is 11.7. The van der Waals surface area contributed by atoms with Crippen molar-refractivity contribution in [2.75, 3.05) is 29.9 Å². The second-order valence-corrected chi connectivity index (χ2v) is 11.7. The van der Waals surface area contributed by atoms with Crippen molar-refractivity contribution in [3.8, 4) is 11.4 Å². The molecule has 2 fully saturated rings. The molecule has 0 spiro atoms. The van der Waals surface area contributed by atoms with Gasteiger partial charge >= 0.3 is 0 Å². The third kappa shape index (κ3) is 7.58. The fourth-order valence-electron chi connectivity index (χ4n) is 5.61. The third-order valence-corrected chi connectivity index (χ3v) is 7.97. The molecule has 0 bridgehead atoms. The summed E-state index contributed by atoms with van der Waals surface area (Å²) in [7, 11) is 0. The van der Waals surface area contributed by atoms with Gasteiger partial charge in [-0.3, -0.25) is 4.79 Å². The van der Waals surface area contributed by atoms with Gasteiger partial charge in [0.05, 0.1) is 23.3 Å². The normalized spacial score (nSPS) is 19.6. The predicted molar refractivity (Wildman–Crippen MR) is 154 cm³/mol. The van der Waals surface area contributed by atoms with E-state index in [9.17, 15) is 14.3 Å². The van der Waals surface area contributed by atoms with Crippen molar-refractivity contribution >= 4 is 17.5 Å². The minimum Gasteiger partial charge on any atom is -0.391 e. The summed E-state index contributed by atoms with van der Waals surface area (Å²) < 4.78 is 19.9. The highest BCUT2D eigenvalue weighted by molar-refractivity contribution is 5.95. The molecule has 11 heteroatoms. The molecule has 0 unspecified atom stereocenters. The maximum absolute atomic E-state index is 14.6. The van der Waals surface area contributed by atoms with Gasteiger partial charge in [0.25, 0.3) is 5.91 Å². The van der Waals surface area contributed by atoms with E-state index in [1.807, 2.05) is 0 Å². The van der Waals surface area contributed by atoms with Crippen molar-refractivity contribution in [2.24, 2.45) is 11.8 Å². The number of piperidine rings is 1. The number of hydrogen-bond donors (Lipinski definition) is 3. The Morgan fingerprint density at radius 2 is 1.95 bits per heavy atom. The first kappa shape index (κ1) is 28.9. The number of aliphatic hydroxyl groups is 1. The van der Waals surface area contributed by atoms with E-state index in [1.54, 1.807) is 18.5 Å². The van der Waals surface area contributed by atoms with Gasteiger partial charge in [0.15, 0.2) is 0 Å². The van der Waals surface area contributed by atoms with Gasteiger partial charge in [-0.05, 0) is 75.0 Å². The van der Waals surface area contributed by atoms with E-state index in [1.165, 1.54) is 12.1 Å². The molecule has 5 rings (SSSR count). The van der Waals surface area contributed by atoms with E-state index < -0.39 is 17.8 Å². The molecule has 1 saturated carbocycles. The van der Waals surface area contributed by atoms with Gasteiger partial charge < -0.3 is 25.2 Å². The number of nitrogens with zero attached hydrogens (tertiary/aromatic N) is 5. The molecular weight excluding hydrogens is 525 g/mol. The van der Waals surface area contributed by atoms with E-state index >= 15 is 0 Å². The molecular formula is C30H40FN7O3. The first-order valence-corrected chi connectivity index (χ1v) is 14.8. The number of aliphatic hydroxyl groups excluding tert-OH is 1. The van der Waals surface area contributed by atoms with Crippen LogP contribution < -0.4 is 15.5 Å². The van der Waals surface area contributed by atoms with E-state index in [0.29, 0.717) is 35.7 Å². The van der Waals surface area contributed by atoms with E-state index in [4.69, 9.17) is 4.52 Å². The minimum atomic E-state index is -0.559. The summed E-state index contributed by atoms with van der Waals surface area (Å²) in [4.78, 5) is 28.2. The molecule has 10 nitrogen and oxygen atoms in total. The van der Waals surface area contributed by atoms with Crippen molar-refractivity contribution in [3.05, 3.63) is 47.9 Å². The van der Waals surface area contributed by atoms with Crippen LogP contribution in [-0.4, -0.2) is 62.9 Å². The number of amides is 1. The average Bonchev–Trinajstić information content (AvgIpc) is 3.60. The lowest BCUT2D eigenvalue weighted by Crippen LogP contribution is -2.40. The van der Waals surface area contributed by atoms with Crippen LogP contribution in [0.5, 0.6) is 0 Å². The van der Waals surface area contributed by atoms with Gasteiger partial charge in [-0.2, -0.15) is 4.98 Å². The number of halogens is 1. The Bertz CT molecular complexity index is 1290. The molecule has 1 saturated heterocycles. The Balaban J connectivity index is 1.01. The summed E-state index contributed by atoms with van der Waals surface area (Å²) in [5, 5.41) is 20.0. The number of hydrogen-bond acceptors (Lipinski definition) is 9. The van der Waals surface area contributed by atoms with E-state index in [0.717, 1.165) is 76.1 Å². The molecule has 1 amide bonds. The summed E-state index contributed by atoms with van der Waals surface area (Å²) in [5.74, 6) is 1.90. The van der Waals surface area contributed by atoms with Crippen LogP contribution in [0.1, 0.15) is 75.0 Å². The zero-order chi connectivity index (χ0) is 28.8. The Hall–Kier alpha value is -3.60. The standard InChI is InChI=1S/C30H40FN7O3/c1-19(2)15-27-36-28(37-41-27)21-17-33-30(34-18-21)38-13-10-20(11-14-38)5-4-12-32-22-8-9-23(24(31)16-22)29(40)35-25-6-3-7-26(25)39/h8-9,16-20,25-26,32,39H,3-7,10-15H2,1-2H3,(H,35,40)/t25-,26-/m0/s1. The topological polar surface area (TPSA) is 129 Å². The van der Waals surface area contributed by atoms with Crippen LogP contribution in [0.3, 0.4) is 0 Å². The lowest BCUT2D eigenvalue weighted by atomic mass is 9.92. The highest BCUT2D eigenvalue weighted by Crippen LogP contribution is 2.26. The maximum atomic E-state index is 14.6. The quantitative estimate of drug-likeness (QED) is 0.285. The van der Waals surface area contributed by atoms with Crippen molar-refractivity contribution in [2.45, 2.75) is 77.4 Å². The van der Waals surface area contributed by atoms with Crippen LogP contribution >= 0.6 is 0 Å². The Kier molecular flexibility index (Phi) is 9.43. The Morgan fingerprint density at radius 1 is 1.17 bits per heavy atom. The number of rotatable bonds is 11. The van der Waals surface area contributed by atoms with Crippen LogP contribution in [0.2, 0.25) is 0 Å². The van der Waals surface area contributed by atoms with E-state index in [2.05, 4.69) is 49.5 Å². The Morgan fingerprint density at radius 3 is 2.63 bits per heavy atom. The average molecular weight is 566 g/mol. The van der Waals surface area contributed by atoms with E-state index in [-0.39, 0.29) is 11.6 Å². The monoisotopic (exact) mass is 565 g/mol. The summed E-state index contributed by atoms with van der Waals surface area (Å²) in [6.07, 6.45) is 10.2. The van der Waals surface area contributed by atoms with Crippen molar-refractivity contribution in [1.82, 2.24) is 25.4 Å². The maximum Gasteiger partial charge on any atom is 0.254 e. The van der Waals surface area contributed by atoms with Gasteiger partial charge in [-0.1, -0.05) is 19.0 Å². The van der Waals surface area contributed by atoms with Crippen LogP contribution in [0, 0.1) is 17.7 Å². The number of anilines is 2. The second kappa shape index (κ2) is 13.4. The molecule has 3 N–H and O–H groups in total. The molecule has 3 heterocycles. The van der Waals surface area contributed by atoms with Crippen LogP contribution in [0.15, 0.2) is 35.1 Å². The zero-order valence-electron chi connectivity index (χ0n) is 23.9. The number of carbonyl (C=O) groups excluding carboxylic acids is 1. The smallest absolute Gasteiger partial charge is 0.254 e. The minimum absolute atomic E-state index is 0.00520. The van der Waals surface area contributed by atoms with Crippen molar-refractivity contribution in [1.29, 1.82) is 0 Å². The largest absolute Gasteiger partial charge is 0.391 e. The number of benzene rings is 1. The Labute approximate surface area is 240 Å². The van der Waals surface area contributed by atoms with Gasteiger partial charge in [0.2, 0.25) is 17.7 Å². The highest BCUT2D eigenvalue weighted by atomic mass is 19.1. The SMILES string of the molecule is CC(C)Cc1nc(-c2cnc(N3CCC(CCCNc4ccc(C(=O)N[C@H]5CCC[C@@H]5O)c(F)c4)CC3)nc2)no1. The fraction of sp³-hybridized carbons (Fsp3) is 0.567. The zero-order valence-corrected chi connectivity index (χ0v) is 23.9. The molecule has 41 heavy (non-hydrogen) atoms. The molecule has 0 radical (unpaired) electrons. The number of nitrogens with one attached hydrogen (secondary N) is 2. The van der Waals surface area contributed by atoms with Crippen molar-refractivity contribution in [3.63, 3.8) is 0 Å². The van der Waals surface area contributed by atoms with Gasteiger partial charge in [0.1, 0.15) is 5.82 Å². The summed E-state index contributed by atoms with van der Waals surface area (Å²) in [5.41, 5.74) is 1.41. The molecule has 1 aliphatic carbocycles. The summed E-state index contributed by atoms with van der Waals surface area (Å²) in [6, 6.07) is 4.30. The van der Waals surface area contributed by atoms with Crippen LogP contribution in [-0.2, 0) is 6.42 Å². The van der Waals surface area contributed by atoms with Crippen molar-refractivity contribution < 1.29 is 18.8 Å². The first-order chi connectivity index (χ1) is 19.9. The predicted octanol–water partition coefficient (Wildman–Crippen LogP) is 4.62. The van der Waals surface area contributed by atoms with Gasteiger partial charge in [-0.25, -0.2) is 14.4 Å². The third-order valence-electron chi connectivity index (χ3n) is 7.97. The fourth-order valence-corrected chi connectivity index (χ4v) is 5.61. The molecule has 1 aliphatic heterocycles. The molecule has 3 aromatic rings. The lowest BCUT2D eigenvalue weighted by Gasteiger charge is -2.32. The van der Waals surface area contributed by atoms with Gasteiger partial charge in [0, 0.05) is 44.1 Å². The molecule has 1 aromatic carbocycles. The lowest BCUT2D eigenvalue weighted by molar-refractivity contribution is 0.0869. The first-order valence-electron chi connectivity index (χ1n) is 14.8. The number of aromatic nitrogens is 4. The highest BCUT2D eigenvalue weighted by Gasteiger charge is 2.27. The summed E-state index contributed by atoms with van der Waals surface area (Å²) >= 11 is 0. The molecule has 2 aliphatic rings. The van der Waals surface area contributed by atoms with Gasteiger partial charge in [-0.15, -0.1) is 0 Å². The number of carbonyl (C=O) groups is 1. The molecule has 2 aromatic heterocycles. The summed E-state index contributed by atoms with van der Waals surface area (Å²) in [6.45, 7) is 6.77.